The number of hydrogen-bond acceptors (Lipinski definition) is 5. The van der Waals surface area contributed by atoms with E-state index in [-0.39, 0.29) is 30.1 Å². The molecule has 1 fully saturated rings. The highest BCUT2D eigenvalue weighted by atomic mass is 35.5. The predicted octanol–water partition coefficient (Wildman–Crippen LogP) is 4.86. The summed E-state index contributed by atoms with van der Waals surface area (Å²) >= 11 is 7.14. The molecule has 0 spiro atoms. The second kappa shape index (κ2) is 11.1. The van der Waals surface area contributed by atoms with Crippen molar-refractivity contribution in [1.82, 2.24) is 14.8 Å². The lowest BCUT2D eigenvalue weighted by atomic mass is 10.1. The Morgan fingerprint density at radius 2 is 1.91 bits per heavy atom. The highest BCUT2D eigenvalue weighted by molar-refractivity contribution is 8.18. The number of nitrogens with one attached hydrogen (secondary N) is 1. The van der Waals surface area contributed by atoms with Gasteiger partial charge < -0.3 is 14.6 Å². The second-order valence-corrected chi connectivity index (χ2v) is 9.48. The third-order valence-electron chi connectivity index (χ3n) is 5.78. The molecule has 1 aromatic heterocycles. The van der Waals surface area contributed by atoms with Crippen molar-refractivity contribution in [2.75, 3.05) is 20.3 Å². The smallest absolute Gasteiger partial charge is 0.293 e. The number of carbonyl (C=O) groups excluding carboxylic acids is 3. The first kappa shape index (κ1) is 25.0. The molecule has 0 bridgehead atoms. The minimum Gasteiger partial charge on any atom is -0.383 e. The Kier molecular flexibility index (Phi) is 7.95. The van der Waals surface area contributed by atoms with Gasteiger partial charge in [0.15, 0.2) is 0 Å². The average Bonchev–Trinajstić information content (AvgIpc) is 3.32. The van der Waals surface area contributed by atoms with E-state index in [1.807, 2.05) is 35.0 Å². The minimum atomic E-state index is -0.357. The number of para-hydroxylation sites is 1. The van der Waals surface area contributed by atoms with Gasteiger partial charge >= 0.3 is 0 Å². The van der Waals surface area contributed by atoms with Gasteiger partial charge in [-0.2, -0.15) is 0 Å². The molecular weight excluding hydrogens is 486 g/mol. The molecule has 0 radical (unpaired) electrons. The zero-order valence-electron chi connectivity index (χ0n) is 19.5. The number of aromatic nitrogens is 1. The largest absolute Gasteiger partial charge is 0.383 e. The molecule has 1 aliphatic rings. The SMILES string of the molecule is CCc1cccc2c(/C=C3\SC(=O)N(Cc4ccccc4Cl)C3=O)cn(CC(=O)NCCOC)c12. The molecule has 1 saturated heterocycles. The highest BCUT2D eigenvalue weighted by Gasteiger charge is 2.35. The maximum Gasteiger partial charge on any atom is 0.293 e. The second-order valence-electron chi connectivity index (χ2n) is 8.08. The lowest BCUT2D eigenvalue weighted by Crippen LogP contribution is -2.30. The lowest BCUT2D eigenvalue weighted by Gasteiger charge is -2.13. The van der Waals surface area contributed by atoms with Crippen LogP contribution in [0.2, 0.25) is 5.02 Å². The standard InChI is InChI=1S/C26H26ClN3O4S/c1-3-17-8-6-9-20-19(14-29(24(17)20)16-23(31)28-11-12-34-2)13-22-25(32)30(26(33)35-22)15-18-7-4-5-10-21(18)27/h4-10,13-14H,3,11-12,15-16H2,1-2H3,(H,28,31)/b22-13-. The van der Waals surface area contributed by atoms with Crippen LogP contribution < -0.4 is 5.32 Å². The molecule has 182 valence electrons. The summed E-state index contributed by atoms with van der Waals surface area (Å²) in [7, 11) is 1.58. The molecule has 0 unspecified atom stereocenters. The van der Waals surface area contributed by atoms with Crippen LogP contribution in [-0.4, -0.2) is 46.8 Å². The van der Waals surface area contributed by atoms with Gasteiger partial charge in [0.05, 0.1) is 23.6 Å². The summed E-state index contributed by atoms with van der Waals surface area (Å²) < 4.78 is 6.90. The Labute approximate surface area is 213 Å². The van der Waals surface area contributed by atoms with Gasteiger partial charge in [-0.05, 0) is 41.5 Å². The molecular formula is C26H26ClN3O4S. The summed E-state index contributed by atoms with van der Waals surface area (Å²) in [4.78, 5) is 39.8. The zero-order valence-corrected chi connectivity index (χ0v) is 21.1. The number of benzene rings is 2. The molecule has 35 heavy (non-hydrogen) atoms. The first-order chi connectivity index (χ1) is 16.9. The third-order valence-corrected chi connectivity index (χ3v) is 7.06. The van der Waals surface area contributed by atoms with Crippen LogP contribution in [0.4, 0.5) is 4.79 Å². The van der Waals surface area contributed by atoms with Crippen molar-refractivity contribution in [3.05, 3.63) is 75.3 Å². The van der Waals surface area contributed by atoms with Crippen molar-refractivity contribution >= 4 is 57.4 Å². The van der Waals surface area contributed by atoms with Crippen molar-refractivity contribution in [1.29, 1.82) is 0 Å². The molecule has 7 nitrogen and oxygen atoms in total. The monoisotopic (exact) mass is 511 g/mol. The summed E-state index contributed by atoms with van der Waals surface area (Å²) in [6.07, 6.45) is 4.39. The van der Waals surface area contributed by atoms with E-state index in [1.54, 1.807) is 31.4 Å². The van der Waals surface area contributed by atoms with Crippen LogP contribution in [0.5, 0.6) is 0 Å². The van der Waals surface area contributed by atoms with Crippen molar-refractivity contribution < 1.29 is 19.1 Å². The van der Waals surface area contributed by atoms with Crippen molar-refractivity contribution in [2.45, 2.75) is 26.4 Å². The number of thioether (sulfide) groups is 1. The van der Waals surface area contributed by atoms with Crippen LogP contribution in [0.15, 0.2) is 53.6 Å². The molecule has 4 rings (SSSR count). The summed E-state index contributed by atoms with van der Waals surface area (Å²) in [5.74, 6) is -0.485. The Morgan fingerprint density at radius 1 is 1.14 bits per heavy atom. The first-order valence-electron chi connectivity index (χ1n) is 11.3. The van der Waals surface area contributed by atoms with E-state index in [2.05, 4.69) is 12.2 Å². The van der Waals surface area contributed by atoms with Gasteiger partial charge in [-0.1, -0.05) is 54.9 Å². The number of halogens is 1. The Bertz CT molecular complexity index is 1320. The van der Waals surface area contributed by atoms with Crippen LogP contribution >= 0.6 is 23.4 Å². The number of methoxy groups -OCH3 is 1. The number of ether oxygens (including phenoxy) is 1. The van der Waals surface area contributed by atoms with Gasteiger partial charge in [0, 0.05) is 35.8 Å². The van der Waals surface area contributed by atoms with Crippen LogP contribution in [-0.2, 0) is 33.8 Å². The Hall–Kier alpha value is -3.07. The Morgan fingerprint density at radius 3 is 2.66 bits per heavy atom. The fraction of sp³-hybridized carbons (Fsp3) is 0.269. The van der Waals surface area contributed by atoms with E-state index in [9.17, 15) is 14.4 Å². The number of aryl methyl sites for hydroxylation is 1. The predicted molar refractivity (Wildman–Crippen MR) is 139 cm³/mol. The highest BCUT2D eigenvalue weighted by Crippen LogP contribution is 2.36. The summed E-state index contributed by atoms with van der Waals surface area (Å²) in [5, 5.41) is 3.94. The summed E-state index contributed by atoms with van der Waals surface area (Å²) in [6.45, 7) is 3.18. The van der Waals surface area contributed by atoms with E-state index < -0.39 is 0 Å². The fourth-order valence-corrected chi connectivity index (χ4v) is 5.09. The van der Waals surface area contributed by atoms with Crippen LogP contribution in [0, 0.1) is 0 Å². The van der Waals surface area contributed by atoms with E-state index in [0.29, 0.717) is 28.6 Å². The van der Waals surface area contributed by atoms with Crippen molar-refractivity contribution in [2.24, 2.45) is 0 Å². The molecule has 1 aliphatic heterocycles. The zero-order chi connectivity index (χ0) is 24.9. The van der Waals surface area contributed by atoms with Gasteiger partial charge in [-0.25, -0.2) is 0 Å². The number of imide groups is 1. The van der Waals surface area contributed by atoms with E-state index in [1.165, 1.54) is 4.90 Å². The molecule has 1 N–H and O–H groups in total. The van der Waals surface area contributed by atoms with Crippen LogP contribution in [0.1, 0.15) is 23.6 Å². The molecule has 0 atom stereocenters. The van der Waals surface area contributed by atoms with Gasteiger partial charge in [-0.15, -0.1) is 0 Å². The van der Waals surface area contributed by atoms with E-state index in [0.717, 1.165) is 40.2 Å². The normalized spacial score (nSPS) is 14.9. The molecule has 0 saturated carbocycles. The number of carbonyl (C=O) groups is 3. The van der Waals surface area contributed by atoms with Crippen LogP contribution in [0.3, 0.4) is 0 Å². The molecule has 2 heterocycles. The van der Waals surface area contributed by atoms with E-state index in [4.69, 9.17) is 16.3 Å². The number of nitrogens with zero attached hydrogens (tertiary/aromatic N) is 2. The van der Waals surface area contributed by atoms with Gasteiger partial charge in [-0.3, -0.25) is 19.3 Å². The lowest BCUT2D eigenvalue weighted by molar-refractivity contribution is -0.123. The summed E-state index contributed by atoms with van der Waals surface area (Å²) in [6, 6.07) is 13.1. The van der Waals surface area contributed by atoms with Gasteiger partial charge in [0.2, 0.25) is 5.91 Å². The van der Waals surface area contributed by atoms with Gasteiger partial charge in [0.1, 0.15) is 6.54 Å². The third kappa shape index (κ3) is 5.45. The minimum absolute atomic E-state index is 0.116. The van der Waals surface area contributed by atoms with Crippen LogP contribution in [0.25, 0.3) is 17.0 Å². The quantitative estimate of drug-likeness (QED) is 0.328. The molecule has 9 heteroatoms. The number of hydrogen-bond donors (Lipinski definition) is 1. The molecule has 3 amide bonds. The number of amides is 3. The number of rotatable bonds is 9. The number of fused-ring (bicyclic) bond motifs is 1. The first-order valence-corrected chi connectivity index (χ1v) is 12.5. The maximum absolute atomic E-state index is 13.1. The average molecular weight is 512 g/mol. The van der Waals surface area contributed by atoms with Gasteiger partial charge in [0.25, 0.3) is 11.1 Å². The summed E-state index contributed by atoms with van der Waals surface area (Å²) in [5.41, 5.74) is 3.53. The molecule has 0 aliphatic carbocycles. The maximum atomic E-state index is 13.1. The van der Waals surface area contributed by atoms with Crippen molar-refractivity contribution in [3.8, 4) is 0 Å². The molecule has 3 aromatic rings. The Balaban J connectivity index is 1.65. The topological polar surface area (TPSA) is 80.6 Å². The molecule has 2 aromatic carbocycles. The fourth-order valence-electron chi connectivity index (χ4n) is 4.07. The van der Waals surface area contributed by atoms with Crippen molar-refractivity contribution in [3.63, 3.8) is 0 Å². The van der Waals surface area contributed by atoms with E-state index >= 15 is 0 Å².